The molecule has 12 heavy (non-hydrogen) atoms. The van der Waals surface area contributed by atoms with Gasteiger partial charge in [0, 0.05) is 13.2 Å². The van der Waals surface area contributed by atoms with E-state index in [1.807, 2.05) is 0 Å². The fourth-order valence-electron chi connectivity index (χ4n) is 0.634. The van der Waals surface area contributed by atoms with Crippen molar-refractivity contribution in [3.8, 4) is 0 Å². The van der Waals surface area contributed by atoms with Gasteiger partial charge in [-0.1, -0.05) is 0 Å². The predicted octanol–water partition coefficient (Wildman–Crippen LogP) is 0.542. The fourth-order valence-corrected chi connectivity index (χ4v) is 0.634. The van der Waals surface area contributed by atoms with E-state index in [1.165, 1.54) is 11.1 Å². The number of amides is 1. The van der Waals surface area contributed by atoms with Crippen LogP contribution in [0.1, 0.15) is 13.8 Å². The van der Waals surface area contributed by atoms with Gasteiger partial charge in [-0.15, -0.1) is 0 Å². The molecule has 0 radical (unpaired) electrons. The van der Waals surface area contributed by atoms with Gasteiger partial charge >= 0.3 is 5.97 Å². The molecule has 0 aromatic rings. The molecule has 0 atom stereocenters. The maximum absolute atomic E-state index is 11.0. The van der Waals surface area contributed by atoms with Crippen LogP contribution in [0.2, 0.25) is 0 Å². The van der Waals surface area contributed by atoms with Crippen LogP contribution >= 0.6 is 0 Å². The highest BCUT2D eigenvalue weighted by Crippen LogP contribution is 1.97. The van der Waals surface area contributed by atoms with Crippen molar-refractivity contribution in [1.29, 1.82) is 0 Å². The molecule has 0 spiro atoms. The van der Waals surface area contributed by atoms with Gasteiger partial charge in [-0.3, -0.25) is 4.79 Å². The second kappa shape index (κ2) is 5.35. The fraction of sp³-hybridized carbons (Fsp3) is 0.500. The molecule has 1 amide bonds. The third kappa shape index (κ3) is 3.75. The minimum absolute atomic E-state index is 0.342. The van der Waals surface area contributed by atoms with Crippen LogP contribution in [0.5, 0.6) is 0 Å². The van der Waals surface area contributed by atoms with Crippen LogP contribution in [0.4, 0.5) is 0 Å². The summed E-state index contributed by atoms with van der Waals surface area (Å²) in [6.45, 7) is 3.67. The largest absolute Gasteiger partial charge is 0.463 e. The molecule has 0 aromatic heterocycles. The Labute approximate surface area is 71.8 Å². The van der Waals surface area contributed by atoms with Gasteiger partial charge in [0.2, 0.25) is 6.41 Å². The van der Waals surface area contributed by atoms with Crippen LogP contribution in [0.25, 0.3) is 0 Å². The van der Waals surface area contributed by atoms with Crippen molar-refractivity contribution in [3.63, 3.8) is 0 Å². The number of hydrogen-bond acceptors (Lipinski definition) is 3. The molecule has 0 saturated heterocycles. The summed E-state index contributed by atoms with van der Waals surface area (Å²) in [6.07, 6.45) is 2.04. The van der Waals surface area contributed by atoms with E-state index in [1.54, 1.807) is 20.9 Å². The molecule has 0 aliphatic rings. The van der Waals surface area contributed by atoms with Crippen LogP contribution in [-0.2, 0) is 14.3 Å². The van der Waals surface area contributed by atoms with Gasteiger partial charge in [0.25, 0.3) is 0 Å². The van der Waals surface area contributed by atoms with Crippen molar-refractivity contribution in [2.24, 2.45) is 0 Å². The molecular weight excluding hydrogens is 158 g/mol. The van der Waals surface area contributed by atoms with Crippen LogP contribution in [-0.4, -0.2) is 30.9 Å². The van der Waals surface area contributed by atoms with Crippen molar-refractivity contribution in [2.45, 2.75) is 13.8 Å². The molecule has 0 rings (SSSR count). The molecule has 0 N–H and O–H groups in total. The van der Waals surface area contributed by atoms with Gasteiger partial charge in [-0.2, -0.15) is 0 Å². The number of carbonyl (C=O) groups excluding carboxylic acids is 2. The highest BCUT2D eigenvalue weighted by Gasteiger charge is 2.04. The van der Waals surface area contributed by atoms with E-state index in [2.05, 4.69) is 0 Å². The maximum atomic E-state index is 11.0. The molecule has 0 aromatic carbocycles. The number of ether oxygens (including phenoxy) is 1. The Morgan fingerprint density at radius 2 is 2.17 bits per heavy atom. The van der Waals surface area contributed by atoms with Gasteiger partial charge in [-0.05, 0) is 13.8 Å². The third-order valence-electron chi connectivity index (χ3n) is 1.16. The quantitative estimate of drug-likeness (QED) is 0.352. The summed E-state index contributed by atoms with van der Waals surface area (Å²) in [6, 6.07) is 0. The molecule has 4 heteroatoms. The van der Waals surface area contributed by atoms with Gasteiger partial charge in [0.05, 0.1) is 12.2 Å². The summed E-state index contributed by atoms with van der Waals surface area (Å²) in [7, 11) is 1.55. The topological polar surface area (TPSA) is 46.6 Å². The molecule has 0 fully saturated rings. The molecule has 0 saturated carbocycles. The van der Waals surface area contributed by atoms with E-state index in [0.29, 0.717) is 18.6 Å². The van der Waals surface area contributed by atoms with Crippen LogP contribution in [0, 0.1) is 0 Å². The SMILES string of the molecule is CCOC(=O)C(C)=CN(C)C=O. The molecule has 0 unspecified atom stereocenters. The second-order valence-electron chi connectivity index (χ2n) is 2.30. The van der Waals surface area contributed by atoms with Gasteiger partial charge in [0.1, 0.15) is 0 Å². The third-order valence-corrected chi connectivity index (χ3v) is 1.16. The lowest BCUT2D eigenvalue weighted by atomic mass is 10.3. The summed E-state index contributed by atoms with van der Waals surface area (Å²) in [5, 5.41) is 0. The Balaban J connectivity index is 4.16. The zero-order valence-corrected chi connectivity index (χ0v) is 7.53. The normalized spacial score (nSPS) is 10.8. The number of rotatable bonds is 4. The zero-order chi connectivity index (χ0) is 9.56. The van der Waals surface area contributed by atoms with Crippen LogP contribution in [0.15, 0.2) is 11.8 Å². The average Bonchev–Trinajstić information content (AvgIpc) is 2.04. The Morgan fingerprint density at radius 1 is 1.58 bits per heavy atom. The van der Waals surface area contributed by atoms with Gasteiger partial charge in [0.15, 0.2) is 0 Å². The van der Waals surface area contributed by atoms with E-state index >= 15 is 0 Å². The molecule has 0 heterocycles. The first-order valence-corrected chi connectivity index (χ1v) is 3.64. The van der Waals surface area contributed by atoms with Crippen LogP contribution < -0.4 is 0 Å². The summed E-state index contributed by atoms with van der Waals surface area (Å²) in [4.78, 5) is 22.4. The minimum atomic E-state index is -0.397. The Kier molecular flexibility index (Phi) is 4.76. The van der Waals surface area contributed by atoms with Crippen molar-refractivity contribution in [1.82, 2.24) is 4.90 Å². The molecule has 0 aliphatic carbocycles. The summed E-state index contributed by atoms with van der Waals surface area (Å²) >= 11 is 0. The van der Waals surface area contributed by atoms with E-state index in [9.17, 15) is 9.59 Å². The number of carbonyl (C=O) groups is 2. The van der Waals surface area contributed by atoms with Crippen molar-refractivity contribution < 1.29 is 14.3 Å². The lowest BCUT2D eigenvalue weighted by molar-refractivity contribution is -0.138. The molecule has 4 nitrogen and oxygen atoms in total. The lowest BCUT2D eigenvalue weighted by Gasteiger charge is -2.05. The van der Waals surface area contributed by atoms with Crippen LogP contribution in [0.3, 0.4) is 0 Å². The highest BCUT2D eigenvalue weighted by atomic mass is 16.5. The molecular formula is C8H13NO3. The summed E-state index contributed by atoms with van der Waals surface area (Å²) in [5.74, 6) is -0.397. The first kappa shape index (κ1) is 10.7. The van der Waals surface area contributed by atoms with Crippen molar-refractivity contribution in [3.05, 3.63) is 11.8 Å². The zero-order valence-electron chi connectivity index (χ0n) is 7.53. The Hall–Kier alpha value is -1.32. The van der Waals surface area contributed by atoms with Gasteiger partial charge < -0.3 is 9.64 Å². The highest BCUT2D eigenvalue weighted by molar-refractivity contribution is 5.87. The Morgan fingerprint density at radius 3 is 2.58 bits per heavy atom. The molecule has 68 valence electrons. The predicted molar refractivity (Wildman–Crippen MR) is 44.2 cm³/mol. The Bertz CT molecular complexity index is 198. The van der Waals surface area contributed by atoms with E-state index in [4.69, 9.17) is 4.74 Å². The monoisotopic (exact) mass is 171 g/mol. The van der Waals surface area contributed by atoms with E-state index < -0.39 is 5.97 Å². The van der Waals surface area contributed by atoms with Crippen molar-refractivity contribution >= 4 is 12.4 Å². The second-order valence-corrected chi connectivity index (χ2v) is 2.30. The number of nitrogens with zero attached hydrogens (tertiary/aromatic N) is 1. The molecule has 0 bridgehead atoms. The number of esters is 1. The van der Waals surface area contributed by atoms with Crippen molar-refractivity contribution in [2.75, 3.05) is 13.7 Å². The molecule has 0 aliphatic heterocycles. The maximum Gasteiger partial charge on any atom is 0.335 e. The summed E-state index contributed by atoms with van der Waals surface area (Å²) in [5.41, 5.74) is 0.409. The standard InChI is InChI=1S/C8H13NO3/c1-4-12-8(11)7(2)5-9(3)6-10/h5-6H,4H2,1-3H3. The first-order valence-electron chi connectivity index (χ1n) is 3.64. The first-order chi connectivity index (χ1) is 5.61. The minimum Gasteiger partial charge on any atom is -0.463 e. The van der Waals surface area contributed by atoms with Gasteiger partial charge in [-0.25, -0.2) is 4.79 Å². The lowest BCUT2D eigenvalue weighted by Crippen LogP contribution is -2.12. The average molecular weight is 171 g/mol. The van der Waals surface area contributed by atoms with E-state index in [-0.39, 0.29) is 0 Å². The van der Waals surface area contributed by atoms with E-state index in [0.717, 1.165) is 0 Å². The summed E-state index contributed by atoms with van der Waals surface area (Å²) < 4.78 is 4.70. The number of hydrogen-bond donors (Lipinski definition) is 0. The smallest absolute Gasteiger partial charge is 0.335 e.